The Bertz CT molecular complexity index is 239. The second kappa shape index (κ2) is 7.95. The standard InChI is InChI=1S/C12H24N2O2S/c1-17-6-5-11(13)12(16)14-7-9-3-2-4-10(9)8-15/h9-11,15H,2-8,13H2,1H3,(H,14,16)/t9?,10?,11-/m1/s1. The van der Waals surface area contributed by atoms with Gasteiger partial charge in [-0.2, -0.15) is 11.8 Å². The van der Waals surface area contributed by atoms with Crippen LogP contribution in [0.1, 0.15) is 25.7 Å². The smallest absolute Gasteiger partial charge is 0.236 e. The van der Waals surface area contributed by atoms with Crippen molar-refractivity contribution in [3.8, 4) is 0 Å². The van der Waals surface area contributed by atoms with Crippen LogP contribution < -0.4 is 11.1 Å². The van der Waals surface area contributed by atoms with Gasteiger partial charge in [0, 0.05) is 13.2 Å². The first-order chi connectivity index (χ1) is 8.19. The molecule has 0 spiro atoms. The van der Waals surface area contributed by atoms with Gasteiger partial charge in [0.1, 0.15) is 0 Å². The Labute approximate surface area is 108 Å². The summed E-state index contributed by atoms with van der Waals surface area (Å²) in [6.45, 7) is 0.899. The number of aliphatic hydroxyl groups is 1. The van der Waals surface area contributed by atoms with Gasteiger partial charge >= 0.3 is 0 Å². The zero-order chi connectivity index (χ0) is 12.7. The highest BCUT2D eigenvalue weighted by molar-refractivity contribution is 7.98. The van der Waals surface area contributed by atoms with Crippen LogP contribution in [0.3, 0.4) is 0 Å². The fourth-order valence-corrected chi connectivity index (χ4v) is 2.85. The summed E-state index contributed by atoms with van der Waals surface area (Å²) in [6, 6.07) is -0.392. The number of hydrogen-bond donors (Lipinski definition) is 3. The Kier molecular flexibility index (Phi) is 6.92. The number of carbonyl (C=O) groups excluding carboxylic acids is 1. The van der Waals surface area contributed by atoms with E-state index in [1.165, 1.54) is 0 Å². The van der Waals surface area contributed by atoms with Crippen molar-refractivity contribution in [1.82, 2.24) is 5.32 Å². The molecule has 1 rings (SSSR count). The Morgan fingerprint density at radius 1 is 1.53 bits per heavy atom. The van der Waals surface area contributed by atoms with Gasteiger partial charge in [-0.25, -0.2) is 0 Å². The molecule has 1 aliphatic rings. The summed E-state index contributed by atoms with van der Waals surface area (Å²) in [6.07, 6.45) is 6.07. The molecular weight excluding hydrogens is 236 g/mol. The summed E-state index contributed by atoms with van der Waals surface area (Å²) in [7, 11) is 0. The number of hydrogen-bond acceptors (Lipinski definition) is 4. The molecule has 0 radical (unpaired) electrons. The van der Waals surface area contributed by atoms with Gasteiger partial charge in [-0.3, -0.25) is 4.79 Å². The number of rotatable bonds is 7. The second-order valence-corrected chi connectivity index (χ2v) is 5.75. The molecule has 0 heterocycles. The predicted molar refractivity (Wildman–Crippen MR) is 71.9 cm³/mol. The van der Waals surface area contributed by atoms with Crippen molar-refractivity contribution in [3.63, 3.8) is 0 Å². The van der Waals surface area contributed by atoms with Crippen molar-refractivity contribution in [2.24, 2.45) is 17.6 Å². The minimum absolute atomic E-state index is 0.0531. The highest BCUT2D eigenvalue weighted by atomic mass is 32.2. The third-order valence-electron chi connectivity index (χ3n) is 3.56. The number of nitrogens with two attached hydrogens (primary N) is 1. The third-order valence-corrected chi connectivity index (χ3v) is 4.20. The van der Waals surface area contributed by atoms with Crippen molar-refractivity contribution in [2.75, 3.05) is 25.2 Å². The molecular formula is C12H24N2O2S. The van der Waals surface area contributed by atoms with Crippen LogP contribution in [0.2, 0.25) is 0 Å². The van der Waals surface area contributed by atoms with E-state index in [1.807, 2.05) is 6.26 Å². The van der Waals surface area contributed by atoms with Crippen molar-refractivity contribution in [2.45, 2.75) is 31.7 Å². The van der Waals surface area contributed by atoms with Crippen LogP contribution in [-0.2, 0) is 4.79 Å². The maximum atomic E-state index is 11.7. The molecule has 1 aliphatic carbocycles. The fraction of sp³-hybridized carbons (Fsp3) is 0.917. The van der Waals surface area contributed by atoms with Gasteiger partial charge in [-0.15, -0.1) is 0 Å². The van der Waals surface area contributed by atoms with Gasteiger partial charge < -0.3 is 16.2 Å². The van der Waals surface area contributed by atoms with E-state index >= 15 is 0 Å². The number of carbonyl (C=O) groups is 1. The molecule has 5 heteroatoms. The van der Waals surface area contributed by atoms with Gasteiger partial charge in [-0.1, -0.05) is 6.42 Å². The topological polar surface area (TPSA) is 75.4 Å². The average molecular weight is 260 g/mol. The fourth-order valence-electron chi connectivity index (χ4n) is 2.36. The third kappa shape index (κ3) is 4.85. The van der Waals surface area contributed by atoms with Gasteiger partial charge in [-0.05, 0) is 43.1 Å². The molecule has 0 saturated heterocycles. The van der Waals surface area contributed by atoms with E-state index in [4.69, 9.17) is 5.73 Å². The van der Waals surface area contributed by atoms with Gasteiger partial charge in [0.25, 0.3) is 0 Å². The van der Waals surface area contributed by atoms with E-state index in [0.29, 0.717) is 18.4 Å². The van der Waals surface area contributed by atoms with Gasteiger partial charge in [0.15, 0.2) is 0 Å². The average Bonchev–Trinajstić information content (AvgIpc) is 2.80. The molecule has 0 bridgehead atoms. The maximum absolute atomic E-state index is 11.7. The van der Waals surface area contributed by atoms with E-state index in [-0.39, 0.29) is 12.5 Å². The molecule has 1 fully saturated rings. The molecule has 1 amide bonds. The molecule has 0 aromatic carbocycles. The highest BCUT2D eigenvalue weighted by Gasteiger charge is 2.27. The first-order valence-electron chi connectivity index (χ1n) is 6.32. The van der Waals surface area contributed by atoms with E-state index in [1.54, 1.807) is 11.8 Å². The van der Waals surface area contributed by atoms with Crippen LogP contribution in [0.25, 0.3) is 0 Å². The zero-order valence-corrected chi connectivity index (χ0v) is 11.3. The Hall–Kier alpha value is -0.260. The van der Waals surface area contributed by atoms with E-state index in [9.17, 15) is 9.90 Å². The number of amides is 1. The number of thioether (sulfide) groups is 1. The van der Waals surface area contributed by atoms with Crippen LogP contribution in [0.4, 0.5) is 0 Å². The molecule has 4 N–H and O–H groups in total. The summed E-state index contributed by atoms with van der Waals surface area (Å²) < 4.78 is 0. The van der Waals surface area contributed by atoms with Crippen LogP contribution in [-0.4, -0.2) is 42.2 Å². The van der Waals surface area contributed by atoms with Gasteiger partial charge in [0.05, 0.1) is 6.04 Å². The number of aliphatic hydroxyl groups excluding tert-OH is 1. The molecule has 0 aromatic rings. The van der Waals surface area contributed by atoms with Crippen molar-refractivity contribution < 1.29 is 9.90 Å². The largest absolute Gasteiger partial charge is 0.396 e. The summed E-state index contributed by atoms with van der Waals surface area (Å²) in [5.74, 6) is 1.65. The SMILES string of the molecule is CSCC[C@@H](N)C(=O)NCC1CCCC1CO. The molecule has 0 aromatic heterocycles. The first-order valence-corrected chi connectivity index (χ1v) is 7.71. The van der Waals surface area contributed by atoms with Crippen LogP contribution >= 0.6 is 11.8 Å². The second-order valence-electron chi connectivity index (χ2n) is 4.77. The lowest BCUT2D eigenvalue weighted by molar-refractivity contribution is -0.122. The van der Waals surface area contributed by atoms with Crippen molar-refractivity contribution in [3.05, 3.63) is 0 Å². The molecule has 1 saturated carbocycles. The molecule has 3 atom stereocenters. The molecule has 17 heavy (non-hydrogen) atoms. The molecule has 100 valence electrons. The molecule has 2 unspecified atom stereocenters. The van der Waals surface area contributed by atoms with Crippen molar-refractivity contribution in [1.29, 1.82) is 0 Å². The van der Waals surface area contributed by atoms with E-state index in [2.05, 4.69) is 5.32 Å². The number of nitrogens with one attached hydrogen (secondary N) is 1. The van der Waals surface area contributed by atoms with E-state index < -0.39 is 6.04 Å². The minimum atomic E-state index is -0.392. The lowest BCUT2D eigenvalue weighted by Crippen LogP contribution is -2.43. The summed E-state index contributed by atoms with van der Waals surface area (Å²) >= 11 is 1.70. The monoisotopic (exact) mass is 260 g/mol. The Morgan fingerprint density at radius 3 is 2.88 bits per heavy atom. The van der Waals surface area contributed by atoms with Gasteiger partial charge in [0.2, 0.25) is 5.91 Å². The quantitative estimate of drug-likeness (QED) is 0.626. The minimum Gasteiger partial charge on any atom is -0.396 e. The van der Waals surface area contributed by atoms with Crippen LogP contribution in [0.15, 0.2) is 0 Å². The Morgan fingerprint density at radius 2 is 2.24 bits per heavy atom. The lowest BCUT2D eigenvalue weighted by atomic mass is 9.97. The summed E-state index contributed by atoms with van der Waals surface area (Å²) in [5.41, 5.74) is 5.78. The molecule has 4 nitrogen and oxygen atoms in total. The molecule has 0 aliphatic heterocycles. The normalized spacial score (nSPS) is 25.8. The predicted octanol–water partition coefficient (Wildman–Crippen LogP) is 0.592. The van der Waals surface area contributed by atoms with Crippen LogP contribution in [0, 0.1) is 11.8 Å². The zero-order valence-electron chi connectivity index (χ0n) is 10.5. The Balaban J connectivity index is 2.22. The summed E-state index contributed by atoms with van der Waals surface area (Å²) in [5, 5.41) is 12.1. The van der Waals surface area contributed by atoms with Crippen molar-refractivity contribution >= 4 is 17.7 Å². The summed E-state index contributed by atoms with van der Waals surface area (Å²) in [4.78, 5) is 11.7. The highest BCUT2D eigenvalue weighted by Crippen LogP contribution is 2.30. The maximum Gasteiger partial charge on any atom is 0.236 e. The van der Waals surface area contributed by atoms with Crippen LogP contribution in [0.5, 0.6) is 0 Å². The van der Waals surface area contributed by atoms with E-state index in [0.717, 1.165) is 31.4 Å². The first kappa shape index (κ1) is 14.8. The lowest BCUT2D eigenvalue weighted by Gasteiger charge is -2.19.